The zero-order valence-corrected chi connectivity index (χ0v) is 10.4. The Balaban J connectivity index is 0.00000128. The average molecular weight is 241 g/mol. The van der Waals surface area contributed by atoms with Gasteiger partial charge in [-0.15, -0.1) is 12.4 Å². The van der Waals surface area contributed by atoms with Gasteiger partial charge in [-0.1, -0.05) is 12.1 Å². The Morgan fingerprint density at radius 1 is 1.38 bits per heavy atom. The van der Waals surface area contributed by atoms with Crippen molar-refractivity contribution in [2.45, 2.75) is 32.2 Å². The molecule has 0 heterocycles. The summed E-state index contributed by atoms with van der Waals surface area (Å²) < 4.78 is 0. The van der Waals surface area contributed by atoms with Gasteiger partial charge in [-0.3, -0.25) is 4.79 Å². The molecule has 1 fully saturated rings. The topological polar surface area (TPSA) is 55.1 Å². The summed E-state index contributed by atoms with van der Waals surface area (Å²) in [4.78, 5) is 11.7. The zero-order valence-electron chi connectivity index (χ0n) is 9.54. The van der Waals surface area contributed by atoms with Crippen molar-refractivity contribution in [3.8, 4) is 0 Å². The Bertz CT molecular complexity index is 413. The van der Waals surface area contributed by atoms with Crippen molar-refractivity contribution in [2.24, 2.45) is 5.73 Å². The van der Waals surface area contributed by atoms with Crippen LogP contribution in [0.2, 0.25) is 0 Å². The summed E-state index contributed by atoms with van der Waals surface area (Å²) in [5.74, 6) is -0.0591. The number of benzene rings is 1. The molecule has 16 heavy (non-hydrogen) atoms. The summed E-state index contributed by atoms with van der Waals surface area (Å²) in [6.45, 7) is 4.03. The van der Waals surface area contributed by atoms with Crippen LogP contribution >= 0.6 is 12.4 Å². The van der Waals surface area contributed by atoms with Gasteiger partial charge in [-0.05, 0) is 43.9 Å². The third-order valence-corrected chi connectivity index (χ3v) is 3.09. The molecule has 4 heteroatoms. The maximum Gasteiger partial charge on any atom is 0.244 e. The molecule has 1 aromatic carbocycles. The summed E-state index contributed by atoms with van der Waals surface area (Å²) in [5, 5.41) is 2.89. The van der Waals surface area contributed by atoms with Crippen molar-refractivity contribution in [3.63, 3.8) is 0 Å². The SMILES string of the molecule is Cc1cccc(NC(=O)C2(N)CC2)c1C.Cl. The number of halogens is 1. The highest BCUT2D eigenvalue weighted by atomic mass is 35.5. The molecular formula is C12H17ClN2O. The summed E-state index contributed by atoms with van der Waals surface area (Å²) in [7, 11) is 0. The van der Waals surface area contributed by atoms with Crippen LogP contribution in [-0.4, -0.2) is 11.4 Å². The van der Waals surface area contributed by atoms with Gasteiger partial charge in [0.05, 0.1) is 5.54 Å². The van der Waals surface area contributed by atoms with Crippen molar-refractivity contribution >= 4 is 24.0 Å². The van der Waals surface area contributed by atoms with E-state index in [0.717, 1.165) is 24.1 Å². The lowest BCUT2D eigenvalue weighted by atomic mass is 10.1. The normalized spacial score (nSPS) is 16.2. The van der Waals surface area contributed by atoms with Gasteiger partial charge in [0.15, 0.2) is 0 Å². The first-order chi connectivity index (χ1) is 7.03. The van der Waals surface area contributed by atoms with E-state index in [-0.39, 0.29) is 18.3 Å². The largest absolute Gasteiger partial charge is 0.324 e. The van der Waals surface area contributed by atoms with Crippen molar-refractivity contribution < 1.29 is 4.79 Å². The molecule has 0 bridgehead atoms. The number of aryl methyl sites for hydroxylation is 1. The van der Waals surface area contributed by atoms with Crippen molar-refractivity contribution in [1.29, 1.82) is 0 Å². The van der Waals surface area contributed by atoms with Gasteiger partial charge < -0.3 is 11.1 Å². The molecule has 0 atom stereocenters. The molecule has 0 unspecified atom stereocenters. The minimum Gasteiger partial charge on any atom is -0.324 e. The number of anilines is 1. The highest BCUT2D eigenvalue weighted by Crippen LogP contribution is 2.33. The fourth-order valence-corrected chi connectivity index (χ4v) is 1.50. The van der Waals surface area contributed by atoms with E-state index >= 15 is 0 Å². The lowest BCUT2D eigenvalue weighted by Crippen LogP contribution is -2.38. The number of amides is 1. The number of hydrogen-bond donors (Lipinski definition) is 2. The van der Waals surface area contributed by atoms with Crippen molar-refractivity contribution in [3.05, 3.63) is 29.3 Å². The van der Waals surface area contributed by atoms with Crippen LogP contribution in [0.15, 0.2) is 18.2 Å². The Morgan fingerprint density at radius 2 is 2.00 bits per heavy atom. The van der Waals surface area contributed by atoms with Crippen LogP contribution in [0.3, 0.4) is 0 Å². The molecule has 0 aliphatic heterocycles. The predicted molar refractivity (Wildman–Crippen MR) is 67.9 cm³/mol. The fraction of sp³-hybridized carbons (Fsp3) is 0.417. The molecule has 2 rings (SSSR count). The molecule has 88 valence electrons. The monoisotopic (exact) mass is 240 g/mol. The summed E-state index contributed by atoms with van der Waals surface area (Å²) in [6.07, 6.45) is 1.59. The van der Waals surface area contributed by atoms with Gasteiger partial charge in [0.25, 0.3) is 0 Å². The number of hydrogen-bond acceptors (Lipinski definition) is 2. The number of carbonyl (C=O) groups excluding carboxylic acids is 1. The molecule has 1 aliphatic carbocycles. The van der Waals surface area contributed by atoms with E-state index < -0.39 is 5.54 Å². The number of carbonyl (C=O) groups is 1. The highest BCUT2D eigenvalue weighted by Gasteiger charge is 2.46. The first kappa shape index (κ1) is 13.0. The van der Waals surface area contributed by atoms with E-state index in [1.807, 2.05) is 32.0 Å². The first-order valence-corrected chi connectivity index (χ1v) is 5.19. The Hall–Kier alpha value is -1.06. The number of rotatable bonds is 2. The Kier molecular flexibility index (Phi) is 3.61. The summed E-state index contributed by atoms with van der Waals surface area (Å²) in [6, 6.07) is 5.88. The maximum atomic E-state index is 11.7. The van der Waals surface area contributed by atoms with Crippen molar-refractivity contribution in [1.82, 2.24) is 0 Å². The first-order valence-electron chi connectivity index (χ1n) is 5.19. The molecule has 3 nitrogen and oxygen atoms in total. The predicted octanol–water partition coefficient (Wildman–Crippen LogP) is 2.16. The zero-order chi connectivity index (χ0) is 11.1. The van der Waals surface area contributed by atoms with Crippen LogP contribution in [0.5, 0.6) is 0 Å². The van der Waals surface area contributed by atoms with E-state index in [1.54, 1.807) is 0 Å². The lowest BCUT2D eigenvalue weighted by molar-refractivity contribution is -0.118. The van der Waals surface area contributed by atoms with Gasteiger partial charge in [0.1, 0.15) is 0 Å². The third-order valence-electron chi connectivity index (χ3n) is 3.09. The van der Waals surface area contributed by atoms with E-state index in [4.69, 9.17) is 5.73 Å². The molecule has 0 aromatic heterocycles. The van der Waals surface area contributed by atoms with Gasteiger partial charge in [-0.2, -0.15) is 0 Å². The second-order valence-electron chi connectivity index (χ2n) is 4.36. The average Bonchev–Trinajstić information content (AvgIpc) is 2.93. The molecular weight excluding hydrogens is 224 g/mol. The van der Waals surface area contributed by atoms with Gasteiger partial charge in [-0.25, -0.2) is 0 Å². The van der Waals surface area contributed by atoms with E-state index in [0.29, 0.717) is 0 Å². The molecule has 1 amide bonds. The minimum atomic E-state index is -0.601. The fourth-order valence-electron chi connectivity index (χ4n) is 1.50. The molecule has 0 saturated heterocycles. The molecule has 0 radical (unpaired) electrons. The van der Waals surface area contributed by atoms with E-state index in [2.05, 4.69) is 5.32 Å². The number of nitrogens with two attached hydrogens (primary N) is 1. The quantitative estimate of drug-likeness (QED) is 0.832. The smallest absolute Gasteiger partial charge is 0.244 e. The van der Waals surface area contributed by atoms with Crippen LogP contribution in [0.1, 0.15) is 24.0 Å². The van der Waals surface area contributed by atoms with Gasteiger partial charge in [0, 0.05) is 5.69 Å². The summed E-state index contributed by atoms with van der Waals surface area (Å²) in [5.41, 5.74) is 8.37. The molecule has 0 spiro atoms. The molecule has 1 saturated carbocycles. The Morgan fingerprint density at radius 3 is 2.56 bits per heavy atom. The molecule has 1 aromatic rings. The second kappa shape index (κ2) is 4.44. The second-order valence-corrected chi connectivity index (χ2v) is 4.36. The third kappa shape index (κ3) is 2.36. The van der Waals surface area contributed by atoms with Crippen LogP contribution < -0.4 is 11.1 Å². The van der Waals surface area contributed by atoms with Gasteiger partial charge >= 0.3 is 0 Å². The summed E-state index contributed by atoms with van der Waals surface area (Å²) >= 11 is 0. The van der Waals surface area contributed by atoms with Gasteiger partial charge in [0.2, 0.25) is 5.91 Å². The van der Waals surface area contributed by atoms with Crippen LogP contribution in [0.4, 0.5) is 5.69 Å². The van der Waals surface area contributed by atoms with Crippen LogP contribution in [0, 0.1) is 13.8 Å². The maximum absolute atomic E-state index is 11.7. The molecule has 1 aliphatic rings. The van der Waals surface area contributed by atoms with E-state index in [9.17, 15) is 4.79 Å². The highest BCUT2D eigenvalue weighted by molar-refractivity contribution is 6.00. The van der Waals surface area contributed by atoms with E-state index in [1.165, 1.54) is 5.56 Å². The minimum absolute atomic E-state index is 0. The lowest BCUT2D eigenvalue weighted by Gasteiger charge is -2.13. The standard InChI is InChI=1S/C12H16N2O.ClH/c1-8-4-3-5-10(9(8)2)14-11(15)12(13)6-7-12;/h3-5H,6-7,13H2,1-2H3,(H,14,15);1H. The van der Waals surface area contributed by atoms with Crippen LogP contribution in [0.25, 0.3) is 0 Å². The Labute approximate surface area is 102 Å². The molecule has 3 N–H and O–H groups in total. The number of nitrogens with one attached hydrogen (secondary N) is 1. The van der Waals surface area contributed by atoms with Crippen LogP contribution in [-0.2, 0) is 4.79 Å². The van der Waals surface area contributed by atoms with Crippen molar-refractivity contribution in [2.75, 3.05) is 5.32 Å².